The highest BCUT2D eigenvalue weighted by atomic mass is 32.2. The third-order valence-corrected chi connectivity index (χ3v) is 5.66. The third kappa shape index (κ3) is 3.43. The van der Waals surface area contributed by atoms with Crippen molar-refractivity contribution in [2.45, 2.75) is 22.4 Å². The van der Waals surface area contributed by atoms with Gasteiger partial charge < -0.3 is 16.0 Å². The van der Waals surface area contributed by atoms with Crippen molar-refractivity contribution in [2.75, 3.05) is 30.3 Å². The quantitative estimate of drug-likeness (QED) is 0.615. The number of hydrogen-bond donors (Lipinski definition) is 3. The van der Waals surface area contributed by atoms with E-state index < -0.39 is 11.7 Å². The lowest BCUT2D eigenvalue weighted by molar-refractivity contribution is -0.137. The lowest BCUT2D eigenvalue weighted by Gasteiger charge is -2.25. The number of rotatable bonds is 3. The van der Waals surface area contributed by atoms with E-state index in [0.717, 1.165) is 35.8 Å². The average Bonchev–Trinajstić information content (AvgIpc) is 3.10. The van der Waals surface area contributed by atoms with E-state index in [4.69, 9.17) is 0 Å². The second-order valence-electron chi connectivity index (χ2n) is 6.36. The topological polar surface area (TPSA) is 36.1 Å². The summed E-state index contributed by atoms with van der Waals surface area (Å²) >= 11 is 1.37. The SMILES string of the molecule is FC(F)(F)c1cc(NCC2CCNC2)c2c(c1)Sc1ccccc1N2. The van der Waals surface area contributed by atoms with Crippen LogP contribution in [0.2, 0.25) is 0 Å². The minimum absolute atomic E-state index is 0.439. The molecule has 2 aromatic carbocycles. The maximum absolute atomic E-state index is 13.3. The van der Waals surface area contributed by atoms with Gasteiger partial charge in [0.25, 0.3) is 0 Å². The summed E-state index contributed by atoms with van der Waals surface area (Å²) in [6, 6.07) is 10.1. The average molecular weight is 365 g/mol. The van der Waals surface area contributed by atoms with Crippen molar-refractivity contribution in [2.24, 2.45) is 5.92 Å². The molecule has 1 fully saturated rings. The molecule has 0 bridgehead atoms. The normalized spacial score (nSPS) is 19.1. The molecule has 3 N–H and O–H groups in total. The molecule has 0 radical (unpaired) electrons. The Hall–Kier alpha value is -1.86. The Kier molecular flexibility index (Phi) is 4.29. The molecule has 0 spiro atoms. The molecule has 3 nitrogen and oxygen atoms in total. The lowest BCUT2D eigenvalue weighted by atomic mass is 10.1. The fourth-order valence-electron chi connectivity index (χ4n) is 3.18. The molecule has 2 aliphatic heterocycles. The monoisotopic (exact) mass is 365 g/mol. The number of fused-ring (bicyclic) bond motifs is 2. The van der Waals surface area contributed by atoms with Crippen molar-refractivity contribution in [1.82, 2.24) is 5.32 Å². The molecule has 4 rings (SSSR count). The zero-order valence-corrected chi connectivity index (χ0v) is 14.2. The van der Waals surface area contributed by atoms with Crippen LogP contribution in [0.5, 0.6) is 0 Å². The molecule has 1 atom stereocenters. The zero-order chi connectivity index (χ0) is 17.4. The molecule has 1 saturated heterocycles. The molecule has 2 aromatic rings. The Balaban J connectivity index is 1.69. The first-order chi connectivity index (χ1) is 12.0. The summed E-state index contributed by atoms with van der Waals surface area (Å²) in [7, 11) is 0. The van der Waals surface area contributed by atoms with Gasteiger partial charge in [-0.25, -0.2) is 0 Å². The van der Waals surface area contributed by atoms with E-state index >= 15 is 0 Å². The standard InChI is InChI=1S/C18H18F3N3S/c19-18(20,21)12-7-14(23-10-11-5-6-22-9-11)17-16(8-12)25-15-4-2-1-3-13(15)24-17/h1-4,7-8,11,22-24H,5-6,9-10H2. The van der Waals surface area contributed by atoms with Crippen LogP contribution in [0.3, 0.4) is 0 Å². The number of halogens is 3. The second-order valence-corrected chi connectivity index (χ2v) is 7.44. The molecule has 132 valence electrons. The number of nitrogens with one attached hydrogen (secondary N) is 3. The van der Waals surface area contributed by atoms with Gasteiger partial charge in [-0.05, 0) is 49.7 Å². The van der Waals surface area contributed by atoms with Crippen LogP contribution in [0, 0.1) is 5.92 Å². The van der Waals surface area contributed by atoms with E-state index in [9.17, 15) is 13.2 Å². The van der Waals surface area contributed by atoms with Gasteiger partial charge in [0.2, 0.25) is 0 Å². The molecule has 0 aliphatic carbocycles. The van der Waals surface area contributed by atoms with E-state index in [2.05, 4.69) is 16.0 Å². The van der Waals surface area contributed by atoms with Crippen molar-refractivity contribution < 1.29 is 13.2 Å². The van der Waals surface area contributed by atoms with Crippen molar-refractivity contribution in [3.05, 3.63) is 42.0 Å². The maximum Gasteiger partial charge on any atom is 0.416 e. The second kappa shape index (κ2) is 6.46. The zero-order valence-electron chi connectivity index (χ0n) is 13.4. The van der Waals surface area contributed by atoms with Crippen LogP contribution in [0.25, 0.3) is 0 Å². The number of alkyl halides is 3. The third-order valence-electron chi connectivity index (χ3n) is 4.54. The first-order valence-electron chi connectivity index (χ1n) is 8.24. The van der Waals surface area contributed by atoms with Crippen molar-refractivity contribution in [1.29, 1.82) is 0 Å². The molecule has 1 unspecified atom stereocenters. The van der Waals surface area contributed by atoms with Gasteiger partial charge in [-0.3, -0.25) is 0 Å². The summed E-state index contributed by atoms with van der Waals surface area (Å²) in [6.45, 7) is 2.53. The van der Waals surface area contributed by atoms with Gasteiger partial charge in [-0.1, -0.05) is 23.9 Å². The molecular weight excluding hydrogens is 347 g/mol. The molecule has 0 amide bonds. The van der Waals surface area contributed by atoms with Gasteiger partial charge >= 0.3 is 6.18 Å². The van der Waals surface area contributed by atoms with Crippen LogP contribution in [-0.4, -0.2) is 19.6 Å². The van der Waals surface area contributed by atoms with E-state index in [1.807, 2.05) is 24.3 Å². The first kappa shape index (κ1) is 16.6. The minimum atomic E-state index is -4.36. The van der Waals surface area contributed by atoms with E-state index in [1.165, 1.54) is 23.9 Å². The molecule has 2 aliphatic rings. The van der Waals surface area contributed by atoms with Crippen molar-refractivity contribution in [3.63, 3.8) is 0 Å². The number of benzene rings is 2. The molecule has 0 saturated carbocycles. The van der Waals surface area contributed by atoms with Gasteiger partial charge in [0.1, 0.15) is 0 Å². The van der Waals surface area contributed by atoms with Crippen LogP contribution in [0.4, 0.5) is 30.2 Å². The van der Waals surface area contributed by atoms with Crippen molar-refractivity contribution in [3.8, 4) is 0 Å². The number of para-hydroxylation sites is 1. The Labute approximate surface area is 148 Å². The predicted molar refractivity (Wildman–Crippen MR) is 94.8 cm³/mol. The van der Waals surface area contributed by atoms with E-state index in [0.29, 0.717) is 23.0 Å². The highest BCUT2D eigenvalue weighted by Crippen LogP contribution is 2.49. The van der Waals surface area contributed by atoms with Crippen LogP contribution in [0.1, 0.15) is 12.0 Å². The summed E-state index contributed by atoms with van der Waals surface area (Å²) in [5, 5.41) is 9.82. The van der Waals surface area contributed by atoms with Crippen LogP contribution in [-0.2, 0) is 6.18 Å². The lowest BCUT2D eigenvalue weighted by Crippen LogP contribution is -2.18. The summed E-state index contributed by atoms with van der Waals surface area (Å²) in [4.78, 5) is 1.53. The Morgan fingerprint density at radius 1 is 1.16 bits per heavy atom. The summed E-state index contributed by atoms with van der Waals surface area (Å²) < 4.78 is 39.9. The Bertz CT molecular complexity index is 786. The first-order valence-corrected chi connectivity index (χ1v) is 9.06. The van der Waals surface area contributed by atoms with Crippen LogP contribution < -0.4 is 16.0 Å². The fourth-order valence-corrected chi connectivity index (χ4v) is 4.24. The van der Waals surface area contributed by atoms with Gasteiger partial charge in [0, 0.05) is 16.3 Å². The summed E-state index contributed by atoms with van der Waals surface area (Å²) in [5.74, 6) is 0.439. The molecule has 2 heterocycles. The Morgan fingerprint density at radius 2 is 2.00 bits per heavy atom. The van der Waals surface area contributed by atoms with Gasteiger partial charge in [-0.2, -0.15) is 13.2 Å². The molecule has 7 heteroatoms. The van der Waals surface area contributed by atoms with E-state index in [-0.39, 0.29) is 0 Å². The fraction of sp³-hybridized carbons (Fsp3) is 0.333. The summed E-state index contributed by atoms with van der Waals surface area (Å²) in [5.41, 5.74) is 1.54. The maximum atomic E-state index is 13.3. The predicted octanol–water partition coefficient (Wildman–Crippen LogP) is 4.94. The molecular formula is C18H18F3N3S. The highest BCUT2D eigenvalue weighted by molar-refractivity contribution is 7.99. The van der Waals surface area contributed by atoms with E-state index in [1.54, 1.807) is 0 Å². The van der Waals surface area contributed by atoms with Crippen molar-refractivity contribution >= 4 is 28.8 Å². The number of anilines is 3. The smallest absolute Gasteiger partial charge is 0.383 e. The van der Waals surface area contributed by atoms with Gasteiger partial charge in [0.15, 0.2) is 0 Å². The Morgan fingerprint density at radius 3 is 2.76 bits per heavy atom. The van der Waals surface area contributed by atoms with Gasteiger partial charge in [0.05, 0.1) is 22.6 Å². The minimum Gasteiger partial charge on any atom is -0.383 e. The molecule has 0 aromatic heterocycles. The van der Waals surface area contributed by atoms with Gasteiger partial charge in [-0.15, -0.1) is 0 Å². The van der Waals surface area contributed by atoms with Crippen LogP contribution in [0.15, 0.2) is 46.2 Å². The molecule has 25 heavy (non-hydrogen) atoms. The number of hydrogen-bond acceptors (Lipinski definition) is 4. The van der Waals surface area contributed by atoms with Crippen LogP contribution >= 0.6 is 11.8 Å². The largest absolute Gasteiger partial charge is 0.416 e. The summed E-state index contributed by atoms with van der Waals surface area (Å²) in [6.07, 6.45) is -3.32. The highest BCUT2D eigenvalue weighted by Gasteiger charge is 2.33.